The average Bonchev–Trinajstić information content (AvgIpc) is 3.13. The molecule has 52 heavy (non-hydrogen) atoms. The summed E-state index contributed by atoms with van der Waals surface area (Å²) in [6.45, 7) is 6.90. The van der Waals surface area contributed by atoms with Gasteiger partial charge in [0, 0.05) is 32.1 Å². The van der Waals surface area contributed by atoms with Crippen LogP contribution in [0.15, 0.2) is 97.1 Å². The molecule has 1 heterocycles. The summed E-state index contributed by atoms with van der Waals surface area (Å²) in [6, 6.07) is 32.2. The Balaban J connectivity index is 1.34. The molecule has 8 heteroatoms. The van der Waals surface area contributed by atoms with Crippen LogP contribution in [0, 0.1) is 5.92 Å². The van der Waals surface area contributed by atoms with Crippen LogP contribution in [0.4, 0.5) is 26.7 Å². The van der Waals surface area contributed by atoms with Gasteiger partial charge in [-0.15, -0.1) is 0 Å². The van der Waals surface area contributed by atoms with E-state index in [1.165, 1.54) is 5.56 Å². The molecule has 1 saturated carbocycles. The van der Waals surface area contributed by atoms with Crippen LogP contribution in [0.2, 0.25) is 0 Å². The van der Waals surface area contributed by atoms with Crippen molar-refractivity contribution >= 4 is 29.2 Å². The first kappa shape index (κ1) is 35.4. The molecule has 272 valence electrons. The number of anilines is 3. The maximum Gasteiger partial charge on any atom is 0.419 e. The molecular weight excluding hydrogens is 651 g/mol. The molecule has 0 radical (unpaired) electrons. The minimum atomic E-state index is -0.729. The van der Waals surface area contributed by atoms with E-state index in [4.69, 9.17) is 14.2 Å². The second-order valence-electron chi connectivity index (χ2n) is 15.7. The van der Waals surface area contributed by atoms with E-state index >= 15 is 0 Å². The molecule has 2 bridgehead atoms. The summed E-state index contributed by atoms with van der Waals surface area (Å²) in [6.07, 6.45) is 5.21. The third-order valence-electron chi connectivity index (χ3n) is 11.0. The maximum absolute atomic E-state index is 14.4. The van der Waals surface area contributed by atoms with Crippen molar-refractivity contribution in [3.8, 4) is 5.75 Å². The van der Waals surface area contributed by atoms with E-state index in [2.05, 4.69) is 24.3 Å². The minimum absolute atomic E-state index is 0.00204. The Hall–Kier alpha value is -4.98. The second-order valence-corrected chi connectivity index (χ2v) is 15.7. The number of piperidine rings is 1. The molecule has 8 nitrogen and oxygen atoms in total. The van der Waals surface area contributed by atoms with Gasteiger partial charge in [-0.3, -0.25) is 0 Å². The van der Waals surface area contributed by atoms with Gasteiger partial charge in [-0.25, -0.2) is 14.5 Å². The van der Waals surface area contributed by atoms with Gasteiger partial charge in [0.15, 0.2) is 0 Å². The zero-order valence-corrected chi connectivity index (χ0v) is 31.1. The van der Waals surface area contributed by atoms with Gasteiger partial charge in [0.2, 0.25) is 0 Å². The standard InChI is InChI=1S/C44H51N3O5/c1-43(2,3)52-42(49)47(37-22-13-12-21-36(37)45(4)5)39-27-33-26-38-34-20-14-15-23-44(34,35(33)28-40(39)50-29-31-16-8-6-9-17-31)24-25-46(38)41(48)51-30-32-18-10-7-11-19-32/h6-13,16-19,21-22,27-28,34,38H,14-15,20,23-26,29-30H2,1-5H3/t34-,38+,44+/m0/s1. The SMILES string of the molecule is CN(C)c1ccccc1N(C(=O)OC(C)(C)C)c1cc2c(cc1OCc1ccccc1)[C@@]13CCCC[C@H]1[C@@H](C2)N(C(=O)OCc1ccccc1)CC3. The van der Waals surface area contributed by atoms with Crippen LogP contribution in [0.1, 0.15) is 75.1 Å². The summed E-state index contributed by atoms with van der Waals surface area (Å²) in [4.78, 5) is 33.9. The molecule has 4 aromatic rings. The number of fused-ring (bicyclic) bond motifs is 1. The first-order valence-electron chi connectivity index (χ1n) is 18.6. The van der Waals surface area contributed by atoms with Gasteiger partial charge in [0.25, 0.3) is 0 Å². The zero-order chi connectivity index (χ0) is 36.5. The quantitative estimate of drug-likeness (QED) is 0.182. The number of amides is 2. The van der Waals surface area contributed by atoms with E-state index in [0.29, 0.717) is 42.6 Å². The number of hydrogen-bond acceptors (Lipinski definition) is 6. The van der Waals surface area contributed by atoms with Crippen LogP contribution in [-0.4, -0.2) is 49.4 Å². The smallest absolute Gasteiger partial charge is 0.419 e. The fraction of sp³-hybridized carbons (Fsp3) is 0.409. The average molecular weight is 702 g/mol. The number of rotatable bonds is 8. The van der Waals surface area contributed by atoms with Gasteiger partial charge >= 0.3 is 12.2 Å². The third-order valence-corrected chi connectivity index (χ3v) is 11.0. The van der Waals surface area contributed by atoms with Crippen LogP contribution in [0.5, 0.6) is 5.75 Å². The van der Waals surface area contributed by atoms with Gasteiger partial charge in [0.1, 0.15) is 24.6 Å². The van der Waals surface area contributed by atoms with Crippen molar-refractivity contribution in [3.63, 3.8) is 0 Å². The Bertz CT molecular complexity index is 1890. The van der Waals surface area contributed by atoms with Gasteiger partial charge in [-0.1, -0.05) is 85.6 Å². The Morgan fingerprint density at radius 2 is 1.46 bits per heavy atom. The molecular formula is C44H51N3O5. The number of para-hydroxylation sites is 2. The number of nitrogens with zero attached hydrogens (tertiary/aromatic N) is 3. The van der Waals surface area contributed by atoms with Gasteiger partial charge in [-0.05, 0) is 98.9 Å². The van der Waals surface area contributed by atoms with Crippen LogP contribution >= 0.6 is 0 Å². The maximum atomic E-state index is 14.4. The number of carbonyl (C=O) groups excluding carboxylic acids is 2. The number of carbonyl (C=O) groups is 2. The molecule has 0 spiro atoms. The number of ether oxygens (including phenoxy) is 3. The molecule has 2 fully saturated rings. The highest BCUT2D eigenvalue weighted by Gasteiger charge is 2.55. The zero-order valence-electron chi connectivity index (χ0n) is 31.1. The Labute approximate surface area is 308 Å². The van der Waals surface area contributed by atoms with Crippen LogP contribution in [0.25, 0.3) is 0 Å². The molecule has 1 saturated heterocycles. The summed E-state index contributed by atoms with van der Waals surface area (Å²) < 4.78 is 18.8. The normalized spacial score (nSPS) is 20.6. The number of hydrogen-bond donors (Lipinski definition) is 0. The first-order chi connectivity index (χ1) is 25.0. The lowest BCUT2D eigenvalue weighted by atomic mass is 9.52. The highest BCUT2D eigenvalue weighted by molar-refractivity contribution is 6.01. The van der Waals surface area contributed by atoms with Crippen LogP contribution in [-0.2, 0) is 34.5 Å². The fourth-order valence-electron chi connectivity index (χ4n) is 8.75. The Morgan fingerprint density at radius 1 is 0.808 bits per heavy atom. The monoisotopic (exact) mass is 701 g/mol. The Kier molecular flexibility index (Phi) is 9.92. The summed E-state index contributed by atoms with van der Waals surface area (Å²) >= 11 is 0. The summed E-state index contributed by atoms with van der Waals surface area (Å²) in [5, 5.41) is 0. The van der Waals surface area contributed by atoms with Gasteiger partial charge in [-0.2, -0.15) is 0 Å². The molecule has 0 N–H and O–H groups in total. The molecule has 7 rings (SSSR count). The van der Waals surface area contributed by atoms with Crippen molar-refractivity contribution < 1.29 is 23.8 Å². The van der Waals surface area contributed by atoms with Crippen molar-refractivity contribution in [2.24, 2.45) is 5.92 Å². The number of benzene rings is 4. The molecule has 4 aromatic carbocycles. The summed E-state index contributed by atoms with van der Waals surface area (Å²) in [5.41, 5.74) is 5.82. The second kappa shape index (κ2) is 14.6. The van der Waals surface area contributed by atoms with Crippen molar-refractivity contribution in [1.82, 2.24) is 4.90 Å². The molecule has 0 unspecified atom stereocenters. The predicted molar refractivity (Wildman–Crippen MR) is 205 cm³/mol. The van der Waals surface area contributed by atoms with Crippen molar-refractivity contribution in [2.75, 3.05) is 30.4 Å². The molecule has 1 aliphatic heterocycles. The fourth-order valence-corrected chi connectivity index (χ4v) is 8.75. The molecule has 0 aromatic heterocycles. The van der Waals surface area contributed by atoms with E-state index in [1.807, 2.05) is 117 Å². The lowest BCUT2D eigenvalue weighted by Gasteiger charge is -2.58. The first-order valence-corrected chi connectivity index (χ1v) is 18.6. The number of likely N-dealkylation sites (tertiary alicyclic amines) is 1. The summed E-state index contributed by atoms with van der Waals surface area (Å²) in [5.74, 6) is 0.958. The minimum Gasteiger partial charge on any atom is -0.487 e. The van der Waals surface area contributed by atoms with E-state index in [9.17, 15) is 9.59 Å². The topological polar surface area (TPSA) is 71.6 Å². The molecule has 2 amide bonds. The van der Waals surface area contributed by atoms with Crippen LogP contribution < -0.4 is 14.5 Å². The highest BCUT2D eigenvalue weighted by Crippen LogP contribution is 2.58. The van der Waals surface area contributed by atoms with Crippen LogP contribution in [0.3, 0.4) is 0 Å². The van der Waals surface area contributed by atoms with Crippen molar-refractivity contribution in [2.45, 2.75) is 89.6 Å². The van der Waals surface area contributed by atoms with E-state index in [-0.39, 0.29) is 24.2 Å². The van der Waals surface area contributed by atoms with Crippen molar-refractivity contribution in [1.29, 1.82) is 0 Å². The molecule has 2 aliphatic carbocycles. The van der Waals surface area contributed by atoms with E-state index in [1.54, 1.807) is 4.90 Å². The van der Waals surface area contributed by atoms with Gasteiger partial charge < -0.3 is 24.0 Å². The van der Waals surface area contributed by atoms with Gasteiger partial charge in [0.05, 0.1) is 17.1 Å². The Morgan fingerprint density at radius 3 is 2.13 bits per heavy atom. The third kappa shape index (κ3) is 7.08. The summed E-state index contributed by atoms with van der Waals surface area (Å²) in [7, 11) is 3.95. The largest absolute Gasteiger partial charge is 0.487 e. The van der Waals surface area contributed by atoms with Crippen molar-refractivity contribution in [3.05, 3.63) is 119 Å². The van der Waals surface area contributed by atoms with E-state index < -0.39 is 11.7 Å². The lowest BCUT2D eigenvalue weighted by Crippen LogP contribution is -2.62. The highest BCUT2D eigenvalue weighted by atomic mass is 16.6. The van der Waals surface area contributed by atoms with E-state index in [0.717, 1.165) is 54.5 Å². The lowest BCUT2D eigenvalue weighted by molar-refractivity contribution is -0.0137. The predicted octanol–water partition coefficient (Wildman–Crippen LogP) is 9.80. The molecule has 3 atom stereocenters. The molecule has 3 aliphatic rings.